The summed E-state index contributed by atoms with van der Waals surface area (Å²) in [5.74, 6) is -2.55. The summed E-state index contributed by atoms with van der Waals surface area (Å²) in [5.41, 5.74) is 0.260. The molecule has 1 aromatic carbocycles. The number of aromatic nitrogens is 3. The van der Waals surface area contributed by atoms with Crippen molar-refractivity contribution in [3.05, 3.63) is 84.0 Å². The first-order valence-electron chi connectivity index (χ1n) is 10.00. The van der Waals surface area contributed by atoms with Crippen molar-refractivity contribution < 1.29 is 23.8 Å². The van der Waals surface area contributed by atoms with E-state index in [2.05, 4.69) is 9.97 Å². The zero-order chi connectivity index (χ0) is 22.7. The van der Waals surface area contributed by atoms with Crippen molar-refractivity contribution in [1.29, 1.82) is 0 Å². The minimum atomic E-state index is -0.910. The van der Waals surface area contributed by atoms with Crippen LogP contribution in [-0.2, 0) is 16.1 Å². The van der Waals surface area contributed by atoms with Crippen LogP contribution in [0, 0.1) is 5.82 Å². The molecule has 1 aliphatic rings. The van der Waals surface area contributed by atoms with Gasteiger partial charge in [0.15, 0.2) is 0 Å². The SMILES string of the molecule is COc1ccc(F)cc1C(O)=C1C(=O)C(=O)N(CCCn2ccnc2)[C@H]1c1ccccn1. The number of ether oxygens (including phenoxy) is 1. The maximum Gasteiger partial charge on any atom is 0.295 e. The number of nitrogens with zero attached hydrogens (tertiary/aromatic N) is 4. The van der Waals surface area contributed by atoms with Crippen LogP contribution in [0.1, 0.15) is 23.7 Å². The number of aliphatic hydroxyl groups excluding tert-OH is 1. The number of hydrogen-bond donors (Lipinski definition) is 1. The van der Waals surface area contributed by atoms with E-state index in [-0.39, 0.29) is 23.4 Å². The molecule has 4 rings (SSSR count). The van der Waals surface area contributed by atoms with E-state index in [0.29, 0.717) is 18.7 Å². The highest BCUT2D eigenvalue weighted by Crippen LogP contribution is 2.40. The molecule has 1 N–H and O–H groups in total. The van der Waals surface area contributed by atoms with Gasteiger partial charge >= 0.3 is 0 Å². The third kappa shape index (κ3) is 3.96. The summed E-state index contributed by atoms with van der Waals surface area (Å²) in [6.45, 7) is 0.844. The van der Waals surface area contributed by atoms with E-state index in [4.69, 9.17) is 4.74 Å². The first-order chi connectivity index (χ1) is 15.5. The van der Waals surface area contributed by atoms with Crippen LogP contribution < -0.4 is 4.74 Å². The summed E-state index contributed by atoms with van der Waals surface area (Å²) in [6.07, 6.45) is 7.23. The van der Waals surface area contributed by atoms with Crippen molar-refractivity contribution in [2.75, 3.05) is 13.7 Å². The van der Waals surface area contributed by atoms with E-state index >= 15 is 0 Å². The van der Waals surface area contributed by atoms with Crippen LogP contribution in [0.25, 0.3) is 5.76 Å². The number of benzene rings is 1. The van der Waals surface area contributed by atoms with Crippen LogP contribution >= 0.6 is 0 Å². The van der Waals surface area contributed by atoms with Crippen molar-refractivity contribution in [1.82, 2.24) is 19.4 Å². The van der Waals surface area contributed by atoms with Crippen molar-refractivity contribution >= 4 is 17.4 Å². The second kappa shape index (κ2) is 9.01. The lowest BCUT2D eigenvalue weighted by Crippen LogP contribution is -2.31. The standard InChI is InChI=1S/C23H21FN4O4/c1-32-18-7-6-15(24)13-16(18)21(29)19-20(17-5-2-3-8-26-17)28(23(31)22(19)30)11-4-10-27-12-9-25-14-27/h2-3,5-9,12-14,20,29H,4,10-11H2,1H3/t20-/m0/s1. The molecule has 0 saturated carbocycles. The van der Waals surface area contributed by atoms with Crippen LogP contribution in [0.15, 0.2) is 66.9 Å². The Balaban J connectivity index is 1.76. The van der Waals surface area contributed by atoms with Crippen LogP contribution in [0.3, 0.4) is 0 Å². The average molecular weight is 436 g/mol. The lowest BCUT2D eigenvalue weighted by atomic mass is 9.97. The fourth-order valence-electron chi connectivity index (χ4n) is 3.81. The van der Waals surface area contributed by atoms with E-state index in [1.54, 1.807) is 43.1 Å². The molecule has 0 aliphatic carbocycles. The van der Waals surface area contributed by atoms with Crippen LogP contribution in [0.2, 0.25) is 0 Å². The molecule has 9 heteroatoms. The van der Waals surface area contributed by atoms with E-state index < -0.39 is 29.3 Å². The van der Waals surface area contributed by atoms with Crippen molar-refractivity contribution in [2.24, 2.45) is 0 Å². The Hall–Kier alpha value is -4.01. The third-order valence-corrected chi connectivity index (χ3v) is 5.30. The van der Waals surface area contributed by atoms with Crippen molar-refractivity contribution in [3.63, 3.8) is 0 Å². The Morgan fingerprint density at radius 3 is 2.72 bits per heavy atom. The fourth-order valence-corrected chi connectivity index (χ4v) is 3.81. The number of halogens is 1. The number of amides is 1. The Bertz CT molecular complexity index is 1160. The van der Waals surface area contributed by atoms with E-state index in [1.165, 1.54) is 24.1 Å². The van der Waals surface area contributed by atoms with Gasteiger partial charge in [-0.05, 0) is 36.8 Å². The molecule has 1 aliphatic heterocycles. The smallest absolute Gasteiger partial charge is 0.295 e. The van der Waals surface area contributed by atoms with Gasteiger partial charge in [-0.25, -0.2) is 9.37 Å². The normalized spacial score (nSPS) is 17.7. The Kier molecular flexibility index (Phi) is 5.98. The highest BCUT2D eigenvalue weighted by Gasteiger charge is 2.46. The number of Topliss-reactive ketones (excluding diaryl/α,β-unsaturated/α-hetero) is 1. The Morgan fingerprint density at radius 1 is 1.19 bits per heavy atom. The number of likely N-dealkylation sites (tertiary alicyclic amines) is 1. The zero-order valence-electron chi connectivity index (χ0n) is 17.3. The number of ketones is 1. The number of aliphatic hydroxyl groups is 1. The molecule has 1 saturated heterocycles. The van der Waals surface area contributed by atoms with Crippen LogP contribution in [-0.4, -0.2) is 49.9 Å². The molecule has 0 unspecified atom stereocenters. The van der Waals surface area contributed by atoms with Crippen LogP contribution in [0.4, 0.5) is 4.39 Å². The van der Waals surface area contributed by atoms with Gasteiger partial charge in [0.25, 0.3) is 11.7 Å². The first kappa shape index (κ1) is 21.2. The van der Waals surface area contributed by atoms with Gasteiger partial charge in [-0.3, -0.25) is 14.6 Å². The summed E-state index contributed by atoms with van der Waals surface area (Å²) in [5, 5.41) is 11.1. The maximum absolute atomic E-state index is 13.9. The molecule has 1 fully saturated rings. The predicted molar refractivity (Wildman–Crippen MR) is 113 cm³/mol. The molecule has 8 nitrogen and oxygen atoms in total. The second-order valence-electron chi connectivity index (χ2n) is 7.25. The van der Waals surface area contributed by atoms with Crippen molar-refractivity contribution in [3.8, 4) is 5.75 Å². The maximum atomic E-state index is 13.9. The number of carbonyl (C=O) groups is 2. The minimum Gasteiger partial charge on any atom is -0.507 e. The number of hydrogen-bond acceptors (Lipinski definition) is 6. The summed E-state index contributed by atoms with van der Waals surface area (Å²) in [7, 11) is 1.37. The number of pyridine rings is 1. The lowest BCUT2D eigenvalue weighted by molar-refractivity contribution is -0.140. The first-order valence-corrected chi connectivity index (χ1v) is 10.00. The Labute approximate surface area is 183 Å². The van der Waals surface area contributed by atoms with Gasteiger partial charge in [-0.15, -0.1) is 0 Å². The lowest BCUT2D eigenvalue weighted by Gasteiger charge is -2.24. The van der Waals surface area contributed by atoms with Gasteiger partial charge in [0.05, 0.1) is 30.3 Å². The number of rotatable bonds is 7. The van der Waals surface area contributed by atoms with E-state index in [9.17, 15) is 19.1 Å². The highest BCUT2D eigenvalue weighted by molar-refractivity contribution is 6.46. The molecular formula is C23H21FN4O4. The monoisotopic (exact) mass is 436 g/mol. The molecular weight excluding hydrogens is 415 g/mol. The predicted octanol–water partition coefficient (Wildman–Crippen LogP) is 2.94. The van der Waals surface area contributed by atoms with Gasteiger partial charge in [0.2, 0.25) is 0 Å². The average Bonchev–Trinajstić information content (AvgIpc) is 3.41. The number of methoxy groups -OCH3 is 1. The molecule has 1 atom stereocenters. The quantitative estimate of drug-likeness (QED) is 0.348. The van der Waals surface area contributed by atoms with Gasteiger partial charge in [-0.1, -0.05) is 6.07 Å². The molecule has 32 heavy (non-hydrogen) atoms. The second-order valence-corrected chi connectivity index (χ2v) is 7.25. The Morgan fingerprint density at radius 2 is 2.03 bits per heavy atom. The number of imidazole rings is 1. The van der Waals surface area contributed by atoms with Crippen LogP contribution in [0.5, 0.6) is 5.75 Å². The molecule has 3 heterocycles. The van der Waals surface area contributed by atoms with Gasteiger partial charge < -0.3 is 19.3 Å². The van der Waals surface area contributed by atoms with E-state index in [0.717, 1.165) is 6.07 Å². The summed E-state index contributed by atoms with van der Waals surface area (Å²) in [4.78, 5) is 35.6. The number of aryl methyl sites for hydroxylation is 1. The summed E-state index contributed by atoms with van der Waals surface area (Å²) in [6, 6.07) is 7.81. The van der Waals surface area contributed by atoms with Crippen molar-refractivity contribution in [2.45, 2.75) is 19.0 Å². The third-order valence-electron chi connectivity index (χ3n) is 5.30. The topological polar surface area (TPSA) is 97.6 Å². The largest absolute Gasteiger partial charge is 0.507 e. The van der Waals surface area contributed by atoms with Gasteiger partial charge in [-0.2, -0.15) is 0 Å². The molecule has 164 valence electrons. The van der Waals surface area contributed by atoms with E-state index in [1.807, 2.05) is 4.57 Å². The fraction of sp³-hybridized carbons (Fsp3) is 0.217. The molecule has 3 aromatic rings. The highest BCUT2D eigenvalue weighted by atomic mass is 19.1. The number of carbonyl (C=O) groups excluding carboxylic acids is 2. The minimum absolute atomic E-state index is 0.00940. The summed E-state index contributed by atoms with van der Waals surface area (Å²) >= 11 is 0. The molecule has 2 aromatic heterocycles. The molecule has 0 radical (unpaired) electrons. The summed E-state index contributed by atoms with van der Waals surface area (Å²) < 4.78 is 21.0. The van der Waals surface area contributed by atoms with Gasteiger partial charge in [0, 0.05) is 31.7 Å². The molecule has 0 spiro atoms. The molecule has 0 bridgehead atoms. The molecule has 1 amide bonds. The zero-order valence-corrected chi connectivity index (χ0v) is 17.3. The van der Waals surface area contributed by atoms with Gasteiger partial charge in [0.1, 0.15) is 23.4 Å².